The lowest BCUT2D eigenvalue weighted by Gasteiger charge is -2.13. The molecule has 2 aromatic carbocycles. The maximum atomic E-state index is 10.7. The Morgan fingerprint density at radius 2 is 2.00 bits per heavy atom. The Bertz CT molecular complexity index is 1050. The van der Waals surface area contributed by atoms with Crippen molar-refractivity contribution in [3.05, 3.63) is 86.6 Å². The highest BCUT2D eigenvalue weighted by atomic mass is 35.5. The topological polar surface area (TPSA) is 98.9 Å². The fourth-order valence-electron chi connectivity index (χ4n) is 2.53. The molecule has 8 nitrogen and oxygen atoms in total. The number of pyridine rings is 1. The molecule has 0 spiro atoms. The summed E-state index contributed by atoms with van der Waals surface area (Å²) in [7, 11) is 1.53. The number of ether oxygens (including phenoxy) is 2. The van der Waals surface area contributed by atoms with Crippen LogP contribution in [-0.2, 0) is 6.61 Å². The quantitative estimate of drug-likeness (QED) is 0.309. The van der Waals surface area contributed by atoms with Crippen LogP contribution < -0.4 is 14.9 Å². The van der Waals surface area contributed by atoms with E-state index in [4.69, 9.17) is 21.1 Å². The molecule has 0 atom stereocenters. The number of nitrogens with zero attached hydrogens (tertiary/aromatic N) is 3. The molecule has 0 amide bonds. The summed E-state index contributed by atoms with van der Waals surface area (Å²) >= 11 is 6.38. The van der Waals surface area contributed by atoms with Crippen LogP contribution in [0.2, 0.25) is 5.02 Å². The van der Waals surface area contributed by atoms with Crippen molar-refractivity contribution in [1.82, 2.24) is 4.98 Å². The van der Waals surface area contributed by atoms with E-state index < -0.39 is 4.92 Å². The number of hydrazone groups is 1. The molecule has 9 heteroatoms. The third kappa shape index (κ3) is 5.45. The standard InChI is InChI=1S/C21H19ClN4O4/c1-14-3-5-15(6-4-14)13-30-21-18(22)9-16(10-19(21)29-2)11-24-25-20-8-7-17(12-23-20)26(27)28/h3-12H,13H2,1-2H3,(H,23,25)/b24-11+. The SMILES string of the molecule is COc1cc(/C=N/Nc2ccc([N+](=O)[O-])cn2)cc(Cl)c1OCc1ccc(C)cc1. The molecular formula is C21H19ClN4O4. The zero-order chi connectivity index (χ0) is 21.5. The lowest BCUT2D eigenvalue weighted by molar-refractivity contribution is -0.385. The fourth-order valence-corrected chi connectivity index (χ4v) is 2.80. The molecule has 0 saturated heterocycles. The number of anilines is 1. The molecule has 0 saturated carbocycles. The second-order valence-electron chi connectivity index (χ2n) is 6.34. The van der Waals surface area contributed by atoms with Crippen molar-refractivity contribution in [1.29, 1.82) is 0 Å². The van der Waals surface area contributed by atoms with E-state index >= 15 is 0 Å². The van der Waals surface area contributed by atoms with Gasteiger partial charge in [-0.2, -0.15) is 5.10 Å². The summed E-state index contributed by atoms with van der Waals surface area (Å²) in [5.74, 6) is 1.29. The molecule has 3 aromatic rings. The molecule has 1 aromatic heterocycles. The average Bonchev–Trinajstić information content (AvgIpc) is 2.74. The Morgan fingerprint density at radius 3 is 2.63 bits per heavy atom. The smallest absolute Gasteiger partial charge is 0.287 e. The third-order valence-corrected chi connectivity index (χ3v) is 4.39. The summed E-state index contributed by atoms with van der Waals surface area (Å²) in [6.07, 6.45) is 2.68. The third-order valence-electron chi connectivity index (χ3n) is 4.11. The van der Waals surface area contributed by atoms with E-state index in [1.54, 1.807) is 12.1 Å². The van der Waals surface area contributed by atoms with E-state index in [0.717, 1.165) is 11.8 Å². The molecule has 1 N–H and O–H groups in total. The number of nitro groups is 1. The van der Waals surface area contributed by atoms with Gasteiger partial charge in [0.05, 0.1) is 23.3 Å². The fraction of sp³-hybridized carbons (Fsp3) is 0.143. The maximum Gasteiger partial charge on any atom is 0.287 e. The van der Waals surface area contributed by atoms with Crippen LogP contribution in [-0.4, -0.2) is 23.2 Å². The summed E-state index contributed by atoms with van der Waals surface area (Å²) in [5, 5.41) is 15.1. The Labute approximate surface area is 178 Å². The van der Waals surface area contributed by atoms with Gasteiger partial charge in [-0.05, 0) is 36.2 Å². The number of hydrogen-bond donors (Lipinski definition) is 1. The molecule has 154 valence electrons. The van der Waals surface area contributed by atoms with Crippen LogP contribution in [0.5, 0.6) is 11.5 Å². The minimum atomic E-state index is -0.517. The molecule has 0 aliphatic heterocycles. The largest absolute Gasteiger partial charge is 0.493 e. The number of hydrogen-bond acceptors (Lipinski definition) is 7. The predicted octanol–water partition coefficient (Wildman–Crippen LogP) is 4.99. The van der Waals surface area contributed by atoms with Gasteiger partial charge in [0.1, 0.15) is 18.6 Å². The van der Waals surface area contributed by atoms with Gasteiger partial charge in [0.25, 0.3) is 5.69 Å². The van der Waals surface area contributed by atoms with Crippen LogP contribution in [0.1, 0.15) is 16.7 Å². The highest BCUT2D eigenvalue weighted by molar-refractivity contribution is 6.32. The van der Waals surface area contributed by atoms with Crippen LogP contribution in [0.15, 0.2) is 59.8 Å². The monoisotopic (exact) mass is 426 g/mol. The van der Waals surface area contributed by atoms with Crippen LogP contribution >= 0.6 is 11.6 Å². The van der Waals surface area contributed by atoms with Crippen LogP contribution in [0.3, 0.4) is 0 Å². The van der Waals surface area contributed by atoms with Gasteiger partial charge in [-0.25, -0.2) is 4.98 Å². The van der Waals surface area contributed by atoms with Gasteiger partial charge in [-0.15, -0.1) is 0 Å². The van der Waals surface area contributed by atoms with E-state index in [-0.39, 0.29) is 5.69 Å². The normalized spacial score (nSPS) is 10.8. The predicted molar refractivity (Wildman–Crippen MR) is 116 cm³/mol. The number of halogens is 1. The van der Waals surface area contributed by atoms with E-state index in [0.29, 0.717) is 34.5 Å². The van der Waals surface area contributed by atoms with Crippen molar-refractivity contribution >= 4 is 29.3 Å². The second kappa shape index (κ2) is 9.71. The first kappa shape index (κ1) is 21.1. The minimum Gasteiger partial charge on any atom is -0.493 e. The first-order valence-electron chi connectivity index (χ1n) is 8.91. The molecule has 30 heavy (non-hydrogen) atoms. The highest BCUT2D eigenvalue weighted by Crippen LogP contribution is 2.36. The van der Waals surface area contributed by atoms with Gasteiger partial charge in [-0.3, -0.25) is 15.5 Å². The number of benzene rings is 2. The van der Waals surface area contributed by atoms with Crippen molar-refractivity contribution < 1.29 is 14.4 Å². The molecule has 1 heterocycles. The van der Waals surface area contributed by atoms with Gasteiger partial charge in [0.15, 0.2) is 11.5 Å². The zero-order valence-electron chi connectivity index (χ0n) is 16.3. The molecular weight excluding hydrogens is 408 g/mol. The van der Waals surface area contributed by atoms with Crippen molar-refractivity contribution in [3.8, 4) is 11.5 Å². The summed E-state index contributed by atoms with van der Waals surface area (Å²) in [6, 6.07) is 14.3. The van der Waals surface area contributed by atoms with E-state index in [1.165, 1.54) is 31.0 Å². The molecule has 0 aliphatic carbocycles. The summed E-state index contributed by atoms with van der Waals surface area (Å²) in [6.45, 7) is 2.38. The molecule has 0 aliphatic rings. The lowest BCUT2D eigenvalue weighted by Crippen LogP contribution is -2.00. The first-order chi connectivity index (χ1) is 14.5. The number of methoxy groups -OCH3 is 1. The Morgan fingerprint density at radius 1 is 1.23 bits per heavy atom. The number of aromatic nitrogens is 1. The van der Waals surface area contributed by atoms with Crippen molar-refractivity contribution in [2.75, 3.05) is 12.5 Å². The Balaban J connectivity index is 1.68. The molecule has 0 bridgehead atoms. The van der Waals surface area contributed by atoms with Crippen molar-refractivity contribution in [3.63, 3.8) is 0 Å². The molecule has 0 fully saturated rings. The van der Waals surface area contributed by atoms with Gasteiger partial charge in [-0.1, -0.05) is 41.4 Å². The second-order valence-corrected chi connectivity index (χ2v) is 6.74. The van der Waals surface area contributed by atoms with Gasteiger partial charge in [0.2, 0.25) is 0 Å². The summed E-state index contributed by atoms with van der Waals surface area (Å²) < 4.78 is 11.3. The van der Waals surface area contributed by atoms with Crippen LogP contribution in [0.25, 0.3) is 0 Å². The molecule has 0 radical (unpaired) electrons. The first-order valence-corrected chi connectivity index (χ1v) is 9.29. The number of aryl methyl sites for hydroxylation is 1. The summed E-state index contributed by atoms with van der Waals surface area (Å²) in [4.78, 5) is 14.1. The number of rotatable bonds is 8. The Kier molecular flexibility index (Phi) is 6.82. The average molecular weight is 427 g/mol. The summed E-state index contributed by atoms with van der Waals surface area (Å²) in [5.41, 5.74) is 5.48. The zero-order valence-corrected chi connectivity index (χ0v) is 17.1. The van der Waals surface area contributed by atoms with Gasteiger partial charge >= 0.3 is 0 Å². The minimum absolute atomic E-state index is 0.0951. The van der Waals surface area contributed by atoms with Crippen LogP contribution in [0.4, 0.5) is 11.5 Å². The van der Waals surface area contributed by atoms with Crippen LogP contribution in [0, 0.1) is 17.0 Å². The molecule has 0 unspecified atom stereocenters. The lowest BCUT2D eigenvalue weighted by atomic mass is 10.1. The highest BCUT2D eigenvalue weighted by Gasteiger charge is 2.12. The van der Waals surface area contributed by atoms with E-state index in [2.05, 4.69) is 15.5 Å². The van der Waals surface area contributed by atoms with Crippen molar-refractivity contribution in [2.45, 2.75) is 13.5 Å². The van der Waals surface area contributed by atoms with Gasteiger partial charge < -0.3 is 9.47 Å². The maximum absolute atomic E-state index is 10.7. The van der Waals surface area contributed by atoms with Gasteiger partial charge in [0, 0.05) is 6.07 Å². The number of nitrogens with one attached hydrogen (secondary N) is 1. The van der Waals surface area contributed by atoms with E-state index in [1.807, 2.05) is 31.2 Å². The van der Waals surface area contributed by atoms with Crippen molar-refractivity contribution in [2.24, 2.45) is 5.10 Å². The molecule has 3 rings (SSSR count). The Hall–Kier alpha value is -3.65. The van der Waals surface area contributed by atoms with E-state index in [9.17, 15) is 10.1 Å².